The molecule has 0 aliphatic carbocycles. The summed E-state index contributed by atoms with van der Waals surface area (Å²) in [6, 6.07) is 10.4. The number of hydrogen-bond acceptors (Lipinski definition) is 0. The first-order chi connectivity index (χ1) is 5.58. The van der Waals surface area contributed by atoms with Gasteiger partial charge in [-0.1, -0.05) is 55.2 Å². The van der Waals surface area contributed by atoms with Crippen LogP contribution in [0, 0.1) is 0 Å². The minimum Gasteiger partial charge on any atom is -0.121 e. The molecule has 0 aliphatic rings. The first-order valence-electron chi connectivity index (χ1n) is 4.01. The maximum Gasteiger partial charge on any atom is 0.147 e. The lowest BCUT2D eigenvalue weighted by Gasteiger charge is -2.04. The van der Waals surface area contributed by atoms with E-state index in [1.807, 2.05) is 6.07 Å². The van der Waals surface area contributed by atoms with Gasteiger partial charge in [-0.15, -0.1) is 15.3 Å². The van der Waals surface area contributed by atoms with E-state index in [0.717, 1.165) is 0 Å². The van der Waals surface area contributed by atoms with Crippen molar-refractivity contribution in [2.24, 2.45) is 0 Å². The zero-order chi connectivity index (χ0) is 9.03. The fourth-order valence-electron chi connectivity index (χ4n) is 0.859. The van der Waals surface area contributed by atoms with Gasteiger partial charge in [-0.3, -0.25) is 0 Å². The van der Waals surface area contributed by atoms with Crippen LogP contribution in [0.4, 0.5) is 0 Å². The van der Waals surface area contributed by atoms with E-state index < -0.39 is 6.69 Å². The van der Waals surface area contributed by atoms with Crippen molar-refractivity contribution in [3.63, 3.8) is 0 Å². The average molecular weight is 241 g/mol. The summed E-state index contributed by atoms with van der Waals surface area (Å²) in [7, 11) is 0. The summed E-state index contributed by atoms with van der Waals surface area (Å²) in [5.74, 6) is 0. The number of rotatable bonds is 2. The molecule has 1 aromatic rings. The Hall–Kier alpha value is -0.343. The second kappa shape index (κ2) is 4.05. The molecule has 0 nitrogen and oxygen atoms in total. The molecule has 1 aromatic carbocycles. The van der Waals surface area contributed by atoms with E-state index in [4.69, 9.17) is 0 Å². The third-order valence-electron chi connectivity index (χ3n) is 1.47. The lowest BCUT2D eigenvalue weighted by Crippen LogP contribution is -2.10. The molecule has 64 valence electrons. The van der Waals surface area contributed by atoms with Gasteiger partial charge in [0.1, 0.15) is 6.69 Å². The molecule has 0 atom stereocenters. The predicted octanol–water partition coefficient (Wildman–Crippen LogP) is 3.84. The van der Waals surface area contributed by atoms with Crippen LogP contribution in [-0.4, -0.2) is 6.69 Å². The Morgan fingerprint density at radius 3 is 2.25 bits per heavy atom. The van der Waals surface area contributed by atoms with E-state index >= 15 is 0 Å². The highest BCUT2D eigenvalue weighted by molar-refractivity contribution is 9.26. The van der Waals surface area contributed by atoms with Crippen molar-refractivity contribution in [3.05, 3.63) is 41.6 Å². The van der Waals surface area contributed by atoms with Crippen molar-refractivity contribution in [2.75, 3.05) is 0 Å². The topological polar surface area (TPSA) is 0 Å². The minimum atomic E-state index is -1.21. The molecule has 2 heteroatoms. The number of hydrogen-bond donors (Lipinski definition) is 0. The van der Waals surface area contributed by atoms with Gasteiger partial charge < -0.3 is 0 Å². The normalized spacial score (nSPS) is 12.2. The Bertz CT molecular complexity index is 259. The van der Waals surface area contributed by atoms with E-state index in [9.17, 15) is 0 Å². The Morgan fingerprint density at radius 2 is 1.75 bits per heavy atom. The molecule has 1 rings (SSSR count). The molecule has 0 aromatic heterocycles. The summed E-state index contributed by atoms with van der Waals surface area (Å²) < 4.78 is 0. The van der Waals surface area contributed by atoms with Gasteiger partial charge in [0, 0.05) is 0 Å². The number of halogens is 1. The van der Waals surface area contributed by atoms with Gasteiger partial charge in [-0.05, 0) is 5.56 Å². The maximum absolute atomic E-state index is 3.69. The number of benzene rings is 1. The average Bonchev–Trinajstić information content (AvgIpc) is 2.02. The van der Waals surface area contributed by atoms with Crippen LogP contribution >= 0.6 is 15.3 Å². The standard InChI is InChI=1S/C10H13BrSi/c1-12(2,11)9-8-10-6-4-3-5-7-10/h3-9H,1-2H3/b9-8+. The third-order valence-corrected chi connectivity index (χ3v) is 3.22. The fourth-order valence-corrected chi connectivity index (χ4v) is 1.84. The smallest absolute Gasteiger partial charge is 0.121 e. The lowest BCUT2D eigenvalue weighted by atomic mass is 10.2. The van der Waals surface area contributed by atoms with Gasteiger partial charge in [-0.2, -0.15) is 0 Å². The second-order valence-corrected chi connectivity index (χ2v) is 12.9. The molecular formula is C10H13BrSi. The first-order valence-corrected chi connectivity index (χ1v) is 9.34. The Labute approximate surface area is 82.9 Å². The molecule has 0 bridgehead atoms. The van der Waals surface area contributed by atoms with Gasteiger partial charge in [0.15, 0.2) is 0 Å². The zero-order valence-electron chi connectivity index (χ0n) is 7.42. The third kappa shape index (κ3) is 3.88. The molecule has 0 N–H and O–H groups in total. The van der Waals surface area contributed by atoms with Crippen molar-refractivity contribution >= 4 is 28.1 Å². The van der Waals surface area contributed by atoms with Crippen LogP contribution in [0.15, 0.2) is 36.0 Å². The van der Waals surface area contributed by atoms with Crippen molar-refractivity contribution in [1.82, 2.24) is 0 Å². The molecule has 0 amide bonds. The monoisotopic (exact) mass is 240 g/mol. The summed E-state index contributed by atoms with van der Waals surface area (Å²) in [4.78, 5) is 0. The maximum atomic E-state index is 3.69. The van der Waals surface area contributed by atoms with Gasteiger partial charge in [0.25, 0.3) is 0 Å². The van der Waals surface area contributed by atoms with Gasteiger partial charge in [-0.25, -0.2) is 0 Å². The van der Waals surface area contributed by atoms with Crippen LogP contribution < -0.4 is 0 Å². The molecular weight excluding hydrogens is 228 g/mol. The summed E-state index contributed by atoms with van der Waals surface area (Å²) in [6.45, 7) is 3.30. The van der Waals surface area contributed by atoms with Crippen LogP contribution in [0.5, 0.6) is 0 Å². The summed E-state index contributed by atoms with van der Waals surface area (Å²) in [5.41, 5.74) is 3.56. The molecule has 0 aliphatic heterocycles. The molecule has 0 heterocycles. The first kappa shape index (κ1) is 9.74. The van der Waals surface area contributed by atoms with Crippen molar-refractivity contribution in [1.29, 1.82) is 0 Å². The van der Waals surface area contributed by atoms with Gasteiger partial charge in [0.05, 0.1) is 0 Å². The molecule has 0 fully saturated rings. The summed E-state index contributed by atoms with van der Waals surface area (Å²) >= 11 is 3.69. The molecule has 0 radical (unpaired) electrons. The highest BCUT2D eigenvalue weighted by Crippen LogP contribution is 2.14. The lowest BCUT2D eigenvalue weighted by molar-refractivity contribution is 1.66. The van der Waals surface area contributed by atoms with Crippen molar-refractivity contribution in [3.8, 4) is 0 Å². The Kier molecular flexibility index (Phi) is 3.29. The molecule has 0 saturated carbocycles. The van der Waals surface area contributed by atoms with E-state index in [1.165, 1.54) is 5.56 Å². The molecule has 0 spiro atoms. The van der Waals surface area contributed by atoms with Crippen LogP contribution in [0.3, 0.4) is 0 Å². The Morgan fingerprint density at radius 1 is 1.17 bits per heavy atom. The molecule has 12 heavy (non-hydrogen) atoms. The van der Waals surface area contributed by atoms with Crippen LogP contribution in [0.2, 0.25) is 13.1 Å². The summed E-state index contributed by atoms with van der Waals surface area (Å²) in [6.07, 6.45) is 2.18. The SMILES string of the molecule is C[Si](C)(Br)/C=C/c1ccccc1. The second-order valence-electron chi connectivity index (χ2n) is 3.31. The molecule has 0 saturated heterocycles. The van der Waals surface area contributed by atoms with E-state index in [-0.39, 0.29) is 0 Å². The van der Waals surface area contributed by atoms with Gasteiger partial charge >= 0.3 is 0 Å². The van der Waals surface area contributed by atoms with Crippen LogP contribution in [-0.2, 0) is 0 Å². The van der Waals surface area contributed by atoms with Crippen molar-refractivity contribution in [2.45, 2.75) is 13.1 Å². The predicted molar refractivity (Wildman–Crippen MR) is 61.9 cm³/mol. The summed E-state index contributed by atoms with van der Waals surface area (Å²) in [5, 5.41) is 0. The highest BCUT2D eigenvalue weighted by Gasteiger charge is 2.09. The minimum absolute atomic E-state index is 1.21. The molecule has 0 unspecified atom stereocenters. The fraction of sp³-hybridized carbons (Fsp3) is 0.200. The van der Waals surface area contributed by atoms with E-state index in [0.29, 0.717) is 0 Å². The van der Waals surface area contributed by atoms with E-state index in [1.54, 1.807) is 0 Å². The van der Waals surface area contributed by atoms with Gasteiger partial charge in [0.2, 0.25) is 0 Å². The van der Waals surface area contributed by atoms with E-state index in [2.05, 4.69) is 64.4 Å². The quantitative estimate of drug-likeness (QED) is 0.545. The highest BCUT2D eigenvalue weighted by atomic mass is 79.9. The Balaban J connectivity index is 2.71. The van der Waals surface area contributed by atoms with Crippen LogP contribution in [0.25, 0.3) is 6.08 Å². The van der Waals surface area contributed by atoms with Crippen LogP contribution in [0.1, 0.15) is 5.56 Å². The zero-order valence-corrected chi connectivity index (χ0v) is 10.0. The largest absolute Gasteiger partial charge is 0.147 e. The van der Waals surface area contributed by atoms with Crippen molar-refractivity contribution < 1.29 is 0 Å².